The minimum Gasteiger partial charge on any atom is -0.462 e. The molecule has 0 saturated carbocycles. The largest absolute Gasteiger partial charge is 0.462 e. The van der Waals surface area contributed by atoms with Gasteiger partial charge in [0.2, 0.25) is 5.91 Å². The van der Waals surface area contributed by atoms with Crippen molar-refractivity contribution in [3.8, 4) is 0 Å². The fourth-order valence-corrected chi connectivity index (χ4v) is 3.52. The summed E-state index contributed by atoms with van der Waals surface area (Å²) in [6.07, 6.45) is 0. The zero-order valence-corrected chi connectivity index (χ0v) is 17.0. The summed E-state index contributed by atoms with van der Waals surface area (Å²) >= 11 is 0. The molecule has 156 valence electrons. The Morgan fingerprint density at radius 1 is 1.03 bits per heavy atom. The van der Waals surface area contributed by atoms with Crippen LogP contribution >= 0.6 is 0 Å². The van der Waals surface area contributed by atoms with E-state index in [-0.39, 0.29) is 17.7 Å². The molecule has 2 aromatic carbocycles. The smallest absolute Gasteiger partial charge is 0.338 e. The summed E-state index contributed by atoms with van der Waals surface area (Å²) in [7, 11) is 0. The van der Waals surface area contributed by atoms with Crippen LogP contribution in [0.5, 0.6) is 0 Å². The number of anilines is 1. The van der Waals surface area contributed by atoms with Gasteiger partial charge in [0, 0.05) is 11.1 Å². The third kappa shape index (κ3) is 3.75. The van der Waals surface area contributed by atoms with Crippen molar-refractivity contribution in [2.75, 3.05) is 18.5 Å². The molecule has 8 heteroatoms. The molecule has 8 nitrogen and oxygen atoms in total. The van der Waals surface area contributed by atoms with E-state index in [1.807, 2.05) is 0 Å². The van der Waals surface area contributed by atoms with E-state index in [4.69, 9.17) is 4.74 Å². The highest BCUT2D eigenvalue weighted by molar-refractivity contribution is 6.22. The van der Waals surface area contributed by atoms with Crippen molar-refractivity contribution in [1.82, 2.24) is 9.88 Å². The summed E-state index contributed by atoms with van der Waals surface area (Å²) in [4.78, 5) is 55.2. The van der Waals surface area contributed by atoms with E-state index < -0.39 is 30.2 Å². The first-order valence-electron chi connectivity index (χ1n) is 9.72. The number of hydrogen-bond donors (Lipinski definition) is 1. The molecular formula is C23H19N3O5. The van der Waals surface area contributed by atoms with Crippen LogP contribution in [0.1, 0.15) is 43.7 Å². The number of rotatable bonds is 5. The Labute approximate surface area is 177 Å². The summed E-state index contributed by atoms with van der Waals surface area (Å²) in [5.41, 5.74) is 2.57. The molecule has 0 radical (unpaired) electrons. The van der Waals surface area contributed by atoms with Gasteiger partial charge in [-0.05, 0) is 50.2 Å². The third-order valence-corrected chi connectivity index (χ3v) is 4.90. The van der Waals surface area contributed by atoms with Crippen LogP contribution in [0, 0.1) is 6.92 Å². The number of benzene rings is 2. The molecule has 4 rings (SSSR count). The van der Waals surface area contributed by atoms with Crippen LogP contribution in [0.4, 0.5) is 5.69 Å². The second-order valence-corrected chi connectivity index (χ2v) is 7.05. The molecule has 1 N–H and O–H groups in total. The predicted molar refractivity (Wildman–Crippen MR) is 113 cm³/mol. The summed E-state index contributed by atoms with van der Waals surface area (Å²) in [5, 5.41) is 3.29. The van der Waals surface area contributed by atoms with Gasteiger partial charge in [-0.1, -0.05) is 12.1 Å². The van der Waals surface area contributed by atoms with Crippen LogP contribution in [0.2, 0.25) is 0 Å². The lowest BCUT2D eigenvalue weighted by Crippen LogP contribution is -2.37. The Kier molecular flexibility index (Phi) is 5.21. The molecule has 0 bridgehead atoms. The summed E-state index contributed by atoms with van der Waals surface area (Å²) in [5.74, 6) is -2.02. The van der Waals surface area contributed by atoms with Crippen LogP contribution in [0.15, 0.2) is 48.5 Å². The maximum atomic E-state index is 12.7. The SMILES string of the molecule is CCOC(=O)c1ccc2nc(C)cc(NC(=O)CN3C(=O)c4ccccc4C3=O)c2c1. The zero-order chi connectivity index (χ0) is 22.1. The molecule has 1 aromatic heterocycles. The van der Waals surface area contributed by atoms with Crippen molar-refractivity contribution in [2.45, 2.75) is 13.8 Å². The number of aromatic nitrogens is 1. The lowest BCUT2D eigenvalue weighted by atomic mass is 10.1. The van der Waals surface area contributed by atoms with Crippen LogP contribution in [0.3, 0.4) is 0 Å². The minimum absolute atomic E-state index is 0.243. The number of imide groups is 1. The highest BCUT2D eigenvalue weighted by atomic mass is 16.5. The van der Waals surface area contributed by atoms with Crippen LogP contribution in [-0.4, -0.2) is 46.7 Å². The fourth-order valence-electron chi connectivity index (χ4n) is 3.52. The van der Waals surface area contributed by atoms with Crippen molar-refractivity contribution in [3.05, 3.63) is 70.9 Å². The number of esters is 1. The van der Waals surface area contributed by atoms with Crippen molar-refractivity contribution < 1.29 is 23.9 Å². The first kappa shape index (κ1) is 20.2. The average Bonchev–Trinajstić information content (AvgIpc) is 2.98. The lowest BCUT2D eigenvalue weighted by Gasteiger charge is -2.15. The Hall–Kier alpha value is -4.07. The first-order valence-corrected chi connectivity index (χ1v) is 9.72. The van der Waals surface area contributed by atoms with Gasteiger partial charge in [-0.3, -0.25) is 24.3 Å². The van der Waals surface area contributed by atoms with Crippen LogP contribution in [-0.2, 0) is 9.53 Å². The summed E-state index contributed by atoms with van der Waals surface area (Å²) in [6, 6.07) is 13.0. The van der Waals surface area contributed by atoms with E-state index in [9.17, 15) is 19.2 Å². The Balaban J connectivity index is 1.60. The highest BCUT2D eigenvalue weighted by Gasteiger charge is 2.36. The average molecular weight is 417 g/mol. The molecular weight excluding hydrogens is 398 g/mol. The van der Waals surface area contributed by atoms with Crippen molar-refractivity contribution >= 4 is 40.3 Å². The highest BCUT2D eigenvalue weighted by Crippen LogP contribution is 2.26. The molecule has 0 atom stereocenters. The molecule has 31 heavy (non-hydrogen) atoms. The van der Waals surface area contributed by atoms with Crippen molar-refractivity contribution in [1.29, 1.82) is 0 Å². The van der Waals surface area contributed by atoms with Crippen LogP contribution in [0.25, 0.3) is 10.9 Å². The number of fused-ring (bicyclic) bond motifs is 2. The number of carbonyl (C=O) groups excluding carboxylic acids is 4. The first-order chi connectivity index (χ1) is 14.9. The van der Waals surface area contributed by atoms with E-state index in [0.717, 1.165) is 4.90 Å². The molecule has 0 saturated heterocycles. The molecule has 1 aliphatic rings. The molecule has 3 amide bonds. The van der Waals surface area contributed by atoms with Gasteiger partial charge in [-0.25, -0.2) is 4.79 Å². The summed E-state index contributed by atoms with van der Waals surface area (Å²) < 4.78 is 5.04. The molecule has 0 spiro atoms. The van der Waals surface area contributed by atoms with E-state index >= 15 is 0 Å². The van der Waals surface area contributed by atoms with Gasteiger partial charge < -0.3 is 10.1 Å². The molecule has 0 aliphatic carbocycles. The normalized spacial score (nSPS) is 12.8. The Morgan fingerprint density at radius 3 is 2.35 bits per heavy atom. The van der Waals surface area contributed by atoms with Crippen molar-refractivity contribution in [2.24, 2.45) is 0 Å². The topological polar surface area (TPSA) is 106 Å². The predicted octanol–water partition coefficient (Wildman–Crippen LogP) is 2.95. The second kappa shape index (κ2) is 7.98. The van der Waals surface area contributed by atoms with Gasteiger partial charge in [0.05, 0.1) is 34.5 Å². The third-order valence-electron chi connectivity index (χ3n) is 4.90. The van der Waals surface area contributed by atoms with E-state index in [1.54, 1.807) is 62.4 Å². The number of carbonyl (C=O) groups is 4. The van der Waals surface area contributed by atoms with Crippen molar-refractivity contribution in [3.63, 3.8) is 0 Å². The van der Waals surface area contributed by atoms with E-state index in [2.05, 4.69) is 10.3 Å². The number of hydrogen-bond acceptors (Lipinski definition) is 6. The maximum Gasteiger partial charge on any atom is 0.338 e. The van der Waals surface area contributed by atoms with Crippen LogP contribution < -0.4 is 5.32 Å². The monoisotopic (exact) mass is 417 g/mol. The molecule has 2 heterocycles. The lowest BCUT2D eigenvalue weighted by molar-refractivity contribution is -0.116. The van der Waals surface area contributed by atoms with Gasteiger partial charge in [-0.2, -0.15) is 0 Å². The second-order valence-electron chi connectivity index (χ2n) is 7.05. The Morgan fingerprint density at radius 2 is 1.71 bits per heavy atom. The van der Waals surface area contributed by atoms with Gasteiger partial charge in [-0.15, -0.1) is 0 Å². The summed E-state index contributed by atoms with van der Waals surface area (Å²) in [6.45, 7) is 3.31. The minimum atomic E-state index is -0.539. The van der Waals surface area contributed by atoms with Gasteiger partial charge in [0.1, 0.15) is 6.54 Å². The van der Waals surface area contributed by atoms with E-state index in [1.165, 1.54) is 0 Å². The number of pyridine rings is 1. The number of nitrogens with zero attached hydrogens (tertiary/aromatic N) is 2. The van der Waals surface area contributed by atoms with E-state index in [0.29, 0.717) is 27.8 Å². The molecule has 1 aliphatic heterocycles. The number of ether oxygens (including phenoxy) is 1. The fraction of sp³-hybridized carbons (Fsp3) is 0.174. The number of nitrogens with one attached hydrogen (secondary N) is 1. The maximum absolute atomic E-state index is 12.7. The quantitative estimate of drug-likeness (QED) is 0.505. The van der Waals surface area contributed by atoms with Gasteiger partial charge >= 0.3 is 5.97 Å². The van der Waals surface area contributed by atoms with Gasteiger partial charge in [0.25, 0.3) is 11.8 Å². The number of aryl methyl sites for hydroxylation is 1. The Bertz CT molecular complexity index is 1220. The molecule has 0 fully saturated rings. The molecule has 0 unspecified atom stereocenters. The molecule has 3 aromatic rings. The number of amides is 3. The standard InChI is InChI=1S/C23H19N3O5/c1-3-31-23(30)14-8-9-18-17(11-14)19(10-13(2)24-18)25-20(27)12-26-21(28)15-6-4-5-7-16(15)22(26)29/h4-11H,3,12H2,1-2H3,(H,24,25,27). The van der Waals surface area contributed by atoms with Gasteiger partial charge in [0.15, 0.2) is 0 Å². The zero-order valence-electron chi connectivity index (χ0n) is 17.0.